The number of nitrogens with one attached hydrogen (secondary N) is 1. The number of benzene rings is 1. The van der Waals surface area contributed by atoms with E-state index >= 15 is 0 Å². The van der Waals surface area contributed by atoms with E-state index in [0.717, 1.165) is 19.3 Å². The van der Waals surface area contributed by atoms with E-state index in [1.165, 1.54) is 18.2 Å². The summed E-state index contributed by atoms with van der Waals surface area (Å²) in [6, 6.07) is 3.16. The highest BCUT2D eigenvalue weighted by Crippen LogP contribution is 2.47. The number of nitrogens with two attached hydrogens (primary N) is 1. The van der Waals surface area contributed by atoms with Gasteiger partial charge in [0.1, 0.15) is 11.6 Å². The van der Waals surface area contributed by atoms with Crippen molar-refractivity contribution in [1.29, 1.82) is 0 Å². The molecule has 5 unspecified atom stereocenters. The lowest BCUT2D eigenvalue weighted by atomic mass is 9.84. The van der Waals surface area contributed by atoms with Gasteiger partial charge >= 0.3 is 0 Å². The van der Waals surface area contributed by atoms with Crippen molar-refractivity contribution < 1.29 is 13.6 Å². The van der Waals surface area contributed by atoms with Crippen molar-refractivity contribution >= 4 is 5.91 Å². The zero-order valence-corrected chi connectivity index (χ0v) is 14.1. The summed E-state index contributed by atoms with van der Waals surface area (Å²) in [5.41, 5.74) is 6.19. The van der Waals surface area contributed by atoms with Crippen molar-refractivity contribution in [3.05, 3.63) is 35.4 Å². The van der Waals surface area contributed by atoms with Crippen LogP contribution in [0.15, 0.2) is 18.2 Å². The summed E-state index contributed by atoms with van der Waals surface area (Å²) in [6.45, 7) is 0.157. The Morgan fingerprint density at radius 2 is 1.92 bits per heavy atom. The van der Waals surface area contributed by atoms with Crippen molar-refractivity contribution in [1.82, 2.24) is 10.2 Å². The molecule has 0 aliphatic heterocycles. The largest absolute Gasteiger partial charge is 0.354 e. The molecule has 0 heterocycles. The van der Waals surface area contributed by atoms with Gasteiger partial charge in [-0.15, -0.1) is 0 Å². The summed E-state index contributed by atoms with van der Waals surface area (Å²) < 4.78 is 28.1. The first-order chi connectivity index (χ1) is 11.4. The molecule has 1 aromatic rings. The van der Waals surface area contributed by atoms with E-state index in [2.05, 4.69) is 5.32 Å². The molecule has 0 saturated heterocycles. The molecule has 1 aromatic carbocycles. The first-order valence-electron chi connectivity index (χ1n) is 8.53. The predicted octanol–water partition coefficient (Wildman–Crippen LogP) is 2.06. The highest BCUT2D eigenvalue weighted by molar-refractivity contribution is 5.80. The highest BCUT2D eigenvalue weighted by atomic mass is 19.1. The zero-order valence-electron chi connectivity index (χ0n) is 14.1. The molecule has 2 bridgehead atoms. The van der Waals surface area contributed by atoms with Gasteiger partial charge in [0.15, 0.2) is 0 Å². The smallest absolute Gasteiger partial charge is 0.225 e. The lowest BCUT2D eigenvalue weighted by Gasteiger charge is -2.30. The summed E-state index contributed by atoms with van der Waals surface area (Å²) in [4.78, 5) is 14.3. The number of rotatable bonds is 5. The van der Waals surface area contributed by atoms with Gasteiger partial charge in [-0.1, -0.05) is 6.07 Å². The van der Waals surface area contributed by atoms with Crippen LogP contribution in [0.3, 0.4) is 0 Å². The molecular weight excluding hydrogens is 312 g/mol. The van der Waals surface area contributed by atoms with Crippen molar-refractivity contribution in [3.8, 4) is 0 Å². The number of carbonyl (C=O) groups is 1. The minimum atomic E-state index is -0.598. The topological polar surface area (TPSA) is 58.4 Å². The van der Waals surface area contributed by atoms with Crippen LogP contribution in [0.4, 0.5) is 8.78 Å². The number of hydrogen-bond acceptors (Lipinski definition) is 3. The van der Waals surface area contributed by atoms with Gasteiger partial charge in [0.05, 0.1) is 12.0 Å². The monoisotopic (exact) mass is 337 g/mol. The third kappa shape index (κ3) is 3.05. The normalized spacial score (nSPS) is 29.9. The summed E-state index contributed by atoms with van der Waals surface area (Å²) >= 11 is 0. The fraction of sp³-hybridized carbons (Fsp3) is 0.611. The molecule has 2 aliphatic rings. The van der Waals surface area contributed by atoms with Crippen molar-refractivity contribution in [2.24, 2.45) is 23.5 Å². The molecule has 5 atom stereocenters. The minimum absolute atomic E-state index is 0.0139. The van der Waals surface area contributed by atoms with Crippen LogP contribution in [0.25, 0.3) is 0 Å². The van der Waals surface area contributed by atoms with Crippen LogP contribution in [0, 0.1) is 29.4 Å². The second kappa shape index (κ2) is 6.76. The average molecular weight is 337 g/mol. The van der Waals surface area contributed by atoms with Gasteiger partial charge < -0.3 is 16.0 Å². The van der Waals surface area contributed by atoms with Gasteiger partial charge in [0.25, 0.3) is 0 Å². The SMILES string of the molecule is CN(C)C(CNC(=O)C1C2CCC(C2)C1N)c1c(F)cccc1F. The molecule has 132 valence electrons. The lowest BCUT2D eigenvalue weighted by molar-refractivity contribution is -0.127. The van der Waals surface area contributed by atoms with Crippen LogP contribution in [-0.4, -0.2) is 37.5 Å². The van der Waals surface area contributed by atoms with Gasteiger partial charge in [-0.2, -0.15) is 0 Å². The first-order valence-corrected chi connectivity index (χ1v) is 8.53. The molecule has 2 aliphatic carbocycles. The standard InChI is InChI=1S/C18H25F2N3O/c1-23(2)14(16-12(19)4-3-5-13(16)20)9-22-18(24)15-10-6-7-11(8-10)17(15)21/h3-5,10-11,14-15,17H,6-9,21H2,1-2H3,(H,22,24). The lowest BCUT2D eigenvalue weighted by Crippen LogP contribution is -2.47. The molecule has 6 heteroatoms. The maximum absolute atomic E-state index is 14.1. The second-order valence-electron chi connectivity index (χ2n) is 7.30. The van der Waals surface area contributed by atoms with E-state index in [0.29, 0.717) is 11.8 Å². The Hall–Kier alpha value is -1.53. The van der Waals surface area contributed by atoms with Crippen LogP contribution in [-0.2, 0) is 4.79 Å². The second-order valence-corrected chi connectivity index (χ2v) is 7.30. The summed E-state index contributed by atoms with van der Waals surface area (Å²) in [6.07, 6.45) is 3.18. The molecule has 3 rings (SSSR count). The van der Waals surface area contributed by atoms with E-state index in [-0.39, 0.29) is 30.0 Å². The Morgan fingerprint density at radius 1 is 1.29 bits per heavy atom. The van der Waals surface area contributed by atoms with E-state index in [1.54, 1.807) is 19.0 Å². The Kier molecular flexibility index (Phi) is 4.88. The van der Waals surface area contributed by atoms with Gasteiger partial charge in [0.2, 0.25) is 5.91 Å². The Morgan fingerprint density at radius 3 is 2.46 bits per heavy atom. The van der Waals surface area contributed by atoms with E-state index < -0.39 is 17.7 Å². The van der Waals surface area contributed by atoms with E-state index in [4.69, 9.17) is 5.73 Å². The van der Waals surface area contributed by atoms with Crippen LogP contribution in [0.2, 0.25) is 0 Å². The Bertz CT molecular complexity index is 600. The molecule has 3 N–H and O–H groups in total. The van der Waals surface area contributed by atoms with Crippen LogP contribution in [0.5, 0.6) is 0 Å². The van der Waals surface area contributed by atoms with Gasteiger partial charge in [-0.3, -0.25) is 4.79 Å². The van der Waals surface area contributed by atoms with Gasteiger partial charge in [-0.25, -0.2) is 8.78 Å². The number of carbonyl (C=O) groups excluding carboxylic acids is 1. The third-order valence-electron chi connectivity index (χ3n) is 5.71. The molecule has 2 fully saturated rings. The summed E-state index contributed by atoms with van der Waals surface area (Å²) in [5.74, 6) is -0.651. The molecular formula is C18H25F2N3O. The van der Waals surface area contributed by atoms with Crippen molar-refractivity contribution in [2.45, 2.75) is 31.3 Å². The van der Waals surface area contributed by atoms with Crippen molar-refractivity contribution in [2.75, 3.05) is 20.6 Å². The number of halogens is 2. The highest BCUT2D eigenvalue weighted by Gasteiger charge is 2.49. The number of fused-ring (bicyclic) bond motifs is 2. The fourth-order valence-corrected chi connectivity index (χ4v) is 4.41. The number of amides is 1. The quantitative estimate of drug-likeness (QED) is 0.865. The zero-order chi connectivity index (χ0) is 17.4. The van der Waals surface area contributed by atoms with E-state index in [9.17, 15) is 13.6 Å². The summed E-state index contributed by atoms with van der Waals surface area (Å²) in [5, 5.41) is 2.88. The van der Waals surface area contributed by atoms with Gasteiger partial charge in [-0.05, 0) is 57.3 Å². The van der Waals surface area contributed by atoms with Crippen LogP contribution in [0.1, 0.15) is 30.9 Å². The van der Waals surface area contributed by atoms with E-state index in [1.807, 2.05) is 0 Å². The van der Waals surface area contributed by atoms with Gasteiger partial charge in [0, 0.05) is 18.2 Å². The molecule has 1 amide bonds. The maximum Gasteiger partial charge on any atom is 0.225 e. The van der Waals surface area contributed by atoms with Crippen LogP contribution < -0.4 is 11.1 Å². The molecule has 4 nitrogen and oxygen atoms in total. The predicted molar refractivity (Wildman–Crippen MR) is 88.1 cm³/mol. The third-order valence-corrected chi connectivity index (χ3v) is 5.71. The van der Waals surface area contributed by atoms with Crippen LogP contribution >= 0.6 is 0 Å². The fourth-order valence-electron chi connectivity index (χ4n) is 4.41. The Balaban J connectivity index is 1.70. The van der Waals surface area contributed by atoms with Crippen molar-refractivity contribution in [3.63, 3.8) is 0 Å². The maximum atomic E-state index is 14.1. The molecule has 0 radical (unpaired) electrons. The Labute approximate surface area is 141 Å². The molecule has 0 spiro atoms. The summed E-state index contributed by atoms with van der Waals surface area (Å²) in [7, 11) is 3.48. The number of hydrogen-bond donors (Lipinski definition) is 2. The number of likely N-dealkylation sites (N-methyl/N-ethyl adjacent to an activating group) is 1. The average Bonchev–Trinajstić information content (AvgIpc) is 3.10. The molecule has 0 aromatic heterocycles. The number of nitrogens with zero attached hydrogens (tertiary/aromatic N) is 1. The molecule has 24 heavy (non-hydrogen) atoms. The molecule has 2 saturated carbocycles. The minimum Gasteiger partial charge on any atom is -0.354 e. The first kappa shape index (κ1) is 17.3.